The van der Waals surface area contributed by atoms with Gasteiger partial charge in [-0.3, -0.25) is 9.69 Å². The van der Waals surface area contributed by atoms with Crippen molar-refractivity contribution in [3.63, 3.8) is 0 Å². The van der Waals surface area contributed by atoms with Crippen LogP contribution < -0.4 is 9.47 Å². The van der Waals surface area contributed by atoms with Crippen LogP contribution >= 0.6 is 11.6 Å². The zero-order chi connectivity index (χ0) is 22.0. The number of carbonyl (C=O) groups is 1. The van der Waals surface area contributed by atoms with Crippen LogP contribution in [0, 0.1) is 17.7 Å². The fourth-order valence-electron chi connectivity index (χ4n) is 3.88. The van der Waals surface area contributed by atoms with E-state index in [-0.39, 0.29) is 17.7 Å². The van der Waals surface area contributed by atoms with E-state index in [9.17, 15) is 9.18 Å². The van der Waals surface area contributed by atoms with Gasteiger partial charge in [-0.15, -0.1) is 0 Å². The molecule has 0 amide bonds. The van der Waals surface area contributed by atoms with Crippen molar-refractivity contribution in [2.45, 2.75) is 13.3 Å². The van der Waals surface area contributed by atoms with Gasteiger partial charge in [0.1, 0.15) is 23.9 Å². The number of carboxylic acids is 1. The van der Waals surface area contributed by atoms with Crippen molar-refractivity contribution in [2.24, 2.45) is 11.8 Å². The molecule has 0 unspecified atom stereocenters. The van der Waals surface area contributed by atoms with Gasteiger partial charge in [0.2, 0.25) is 0 Å². The molecule has 0 spiro atoms. The number of carboxylic acid groups (broad SMARTS) is 1. The molecule has 164 valence electrons. The molecule has 7 heteroatoms. The fourth-order valence-corrected chi connectivity index (χ4v) is 4.01. The Hall–Kier alpha value is -2.57. The number of hydrogen-bond donors (Lipinski definition) is 1. The molecule has 1 atom stereocenters. The van der Waals surface area contributed by atoms with Crippen molar-refractivity contribution < 1.29 is 23.8 Å². The summed E-state index contributed by atoms with van der Waals surface area (Å²) >= 11 is 5.92. The lowest BCUT2D eigenvalue weighted by atomic mass is 9.98. The van der Waals surface area contributed by atoms with E-state index in [2.05, 4.69) is 6.92 Å². The predicted octanol–water partition coefficient (Wildman–Crippen LogP) is 4.53. The Morgan fingerprint density at radius 2 is 2.06 bits per heavy atom. The second-order valence-corrected chi connectivity index (χ2v) is 8.82. The first-order valence-electron chi connectivity index (χ1n) is 10.4. The van der Waals surface area contributed by atoms with Crippen LogP contribution in [-0.2, 0) is 11.2 Å². The smallest absolute Gasteiger partial charge is 0.309 e. The lowest BCUT2D eigenvalue weighted by Crippen LogP contribution is -2.51. The largest absolute Gasteiger partial charge is 0.493 e. The minimum absolute atomic E-state index is 0.249. The average molecular weight is 446 g/mol. The summed E-state index contributed by atoms with van der Waals surface area (Å²) in [6.45, 7) is 4.52. The number of ether oxygens (including phenoxy) is 2. The number of nitrogens with zero attached hydrogens (tertiary/aromatic N) is 1. The molecule has 2 aromatic carbocycles. The van der Waals surface area contributed by atoms with E-state index < -0.39 is 5.97 Å². The summed E-state index contributed by atoms with van der Waals surface area (Å²) in [5.74, 6) is -0.299. The highest BCUT2D eigenvalue weighted by Crippen LogP contribution is 2.34. The van der Waals surface area contributed by atoms with Gasteiger partial charge in [-0.1, -0.05) is 30.7 Å². The van der Waals surface area contributed by atoms with Gasteiger partial charge in [-0.05, 0) is 41.7 Å². The van der Waals surface area contributed by atoms with Crippen molar-refractivity contribution >= 4 is 23.6 Å². The molecule has 0 aromatic heterocycles. The van der Waals surface area contributed by atoms with Crippen molar-refractivity contribution in [3.05, 3.63) is 63.9 Å². The van der Waals surface area contributed by atoms with Crippen LogP contribution in [0.4, 0.5) is 4.39 Å². The molecule has 1 fully saturated rings. The Morgan fingerprint density at radius 3 is 2.77 bits per heavy atom. The summed E-state index contributed by atoms with van der Waals surface area (Å²) in [4.78, 5) is 13.0. The standard InChI is InChI=1S/C24H25ClFNO4/c1-15(6-16-2-4-19(25)5-3-16)13-30-20-8-22(26)21-7-17(14-31-23(21)9-20)10-27-11-18(12-27)24(28)29/h2-5,7-9,15,18H,6,10-14H2,1H3,(H,28,29)/t15-/m0/s1. The van der Waals surface area contributed by atoms with Crippen LogP contribution in [0.15, 0.2) is 42.0 Å². The maximum atomic E-state index is 14.7. The Bertz CT molecular complexity index is 986. The van der Waals surface area contributed by atoms with Gasteiger partial charge in [0.15, 0.2) is 0 Å². The number of likely N-dealkylation sites (tertiary alicyclic amines) is 1. The Morgan fingerprint density at radius 1 is 1.32 bits per heavy atom. The molecule has 2 aromatic rings. The lowest BCUT2D eigenvalue weighted by molar-refractivity contribution is -0.147. The molecule has 2 aliphatic rings. The number of hydrogen-bond acceptors (Lipinski definition) is 4. The first kappa shape index (κ1) is 21.7. The minimum Gasteiger partial charge on any atom is -0.493 e. The van der Waals surface area contributed by atoms with E-state index in [4.69, 9.17) is 26.2 Å². The van der Waals surface area contributed by atoms with E-state index >= 15 is 0 Å². The van der Waals surface area contributed by atoms with Gasteiger partial charge in [0.05, 0.1) is 18.1 Å². The molecular formula is C24H25ClFNO4. The normalized spacial score (nSPS) is 17.2. The molecular weight excluding hydrogens is 421 g/mol. The van der Waals surface area contributed by atoms with Crippen LogP contribution in [0.3, 0.4) is 0 Å². The van der Waals surface area contributed by atoms with Gasteiger partial charge in [-0.2, -0.15) is 0 Å². The maximum absolute atomic E-state index is 14.7. The van der Waals surface area contributed by atoms with Gasteiger partial charge in [0, 0.05) is 36.8 Å². The van der Waals surface area contributed by atoms with Crippen LogP contribution in [0.1, 0.15) is 18.1 Å². The molecule has 4 rings (SSSR count). The molecule has 0 radical (unpaired) electrons. The second-order valence-electron chi connectivity index (χ2n) is 8.38. The quantitative estimate of drug-likeness (QED) is 0.647. The highest BCUT2D eigenvalue weighted by Gasteiger charge is 2.33. The van der Waals surface area contributed by atoms with E-state index in [0.717, 1.165) is 12.0 Å². The number of rotatable bonds is 8. The zero-order valence-corrected chi connectivity index (χ0v) is 18.1. The van der Waals surface area contributed by atoms with Gasteiger partial charge >= 0.3 is 5.97 Å². The van der Waals surface area contributed by atoms with Crippen LogP contribution in [-0.4, -0.2) is 48.8 Å². The zero-order valence-electron chi connectivity index (χ0n) is 17.3. The molecule has 31 heavy (non-hydrogen) atoms. The molecule has 2 aliphatic heterocycles. The summed E-state index contributed by atoms with van der Waals surface area (Å²) in [6.07, 6.45) is 2.64. The summed E-state index contributed by atoms with van der Waals surface area (Å²) in [5, 5.41) is 9.69. The van der Waals surface area contributed by atoms with Crippen LogP contribution in [0.25, 0.3) is 6.08 Å². The maximum Gasteiger partial charge on any atom is 0.309 e. The highest BCUT2D eigenvalue weighted by molar-refractivity contribution is 6.30. The number of fused-ring (bicyclic) bond motifs is 1. The Balaban J connectivity index is 1.33. The van der Waals surface area contributed by atoms with E-state index in [1.165, 1.54) is 11.6 Å². The number of halogens is 2. The van der Waals surface area contributed by atoms with Crippen LogP contribution in [0.5, 0.6) is 11.5 Å². The Kier molecular flexibility index (Phi) is 6.49. The summed E-state index contributed by atoms with van der Waals surface area (Å²) in [5.41, 5.74) is 2.52. The molecule has 0 saturated carbocycles. The van der Waals surface area contributed by atoms with E-state index in [1.807, 2.05) is 29.2 Å². The predicted molar refractivity (Wildman–Crippen MR) is 117 cm³/mol. The monoisotopic (exact) mass is 445 g/mol. The van der Waals surface area contributed by atoms with Gasteiger partial charge < -0.3 is 14.6 Å². The molecule has 0 bridgehead atoms. The van der Waals surface area contributed by atoms with Gasteiger partial charge in [-0.25, -0.2) is 4.39 Å². The third-order valence-electron chi connectivity index (χ3n) is 5.59. The topological polar surface area (TPSA) is 59.0 Å². The number of aliphatic carboxylic acids is 1. The first-order valence-corrected chi connectivity index (χ1v) is 10.7. The molecule has 0 aliphatic carbocycles. The summed E-state index contributed by atoms with van der Waals surface area (Å²) in [7, 11) is 0. The van der Waals surface area contributed by atoms with E-state index in [1.54, 1.807) is 12.1 Å². The van der Waals surface area contributed by atoms with E-state index in [0.29, 0.717) is 54.9 Å². The average Bonchev–Trinajstić information content (AvgIpc) is 2.70. The Labute approximate surface area is 186 Å². The number of benzene rings is 2. The third kappa shape index (κ3) is 5.38. The van der Waals surface area contributed by atoms with Crippen molar-refractivity contribution in [2.75, 3.05) is 32.8 Å². The summed E-state index contributed by atoms with van der Waals surface area (Å²) in [6, 6.07) is 10.9. The SMILES string of the molecule is C[C@H](COc1cc(F)c2c(c1)OCC(CN1CC(C(=O)O)C1)=C2)Cc1ccc(Cl)cc1. The highest BCUT2D eigenvalue weighted by atomic mass is 35.5. The molecule has 1 saturated heterocycles. The first-order chi connectivity index (χ1) is 14.9. The van der Waals surface area contributed by atoms with Crippen molar-refractivity contribution in [3.8, 4) is 11.5 Å². The summed E-state index contributed by atoms with van der Waals surface area (Å²) < 4.78 is 26.3. The fraction of sp³-hybridized carbons (Fsp3) is 0.375. The second kappa shape index (κ2) is 9.28. The molecule has 1 N–H and O–H groups in total. The third-order valence-corrected chi connectivity index (χ3v) is 5.84. The molecule has 5 nitrogen and oxygen atoms in total. The van der Waals surface area contributed by atoms with Crippen LogP contribution in [0.2, 0.25) is 5.02 Å². The van der Waals surface area contributed by atoms with Gasteiger partial charge in [0.25, 0.3) is 0 Å². The minimum atomic E-state index is -0.767. The lowest BCUT2D eigenvalue weighted by Gasteiger charge is -2.37. The molecule has 2 heterocycles. The van der Waals surface area contributed by atoms with Crippen molar-refractivity contribution in [1.82, 2.24) is 4.90 Å². The van der Waals surface area contributed by atoms with Crippen molar-refractivity contribution in [1.29, 1.82) is 0 Å².